The zero-order valence-electron chi connectivity index (χ0n) is 36.9. The molecule has 1 rings (SSSR count). The fourth-order valence-electron chi connectivity index (χ4n) is 6.80. The van der Waals surface area contributed by atoms with Crippen LogP contribution in [0.5, 0.6) is 0 Å². The van der Waals surface area contributed by atoms with E-state index in [-0.39, 0.29) is 12.8 Å². The molecule has 0 aliphatic heterocycles. The number of hydrogen-bond acceptors (Lipinski definition) is 14. The van der Waals surface area contributed by atoms with Crippen LogP contribution in [-0.2, 0) is 41.8 Å². The molecule has 0 radical (unpaired) electrons. The van der Waals surface area contributed by atoms with Gasteiger partial charge in [0.1, 0.15) is 43.2 Å². The average Bonchev–Trinajstić information content (AvgIpc) is 3.22. The van der Waals surface area contributed by atoms with Crippen LogP contribution in [0.15, 0.2) is 36.5 Å². The van der Waals surface area contributed by atoms with Crippen LogP contribution in [0.2, 0.25) is 0 Å². The minimum absolute atomic E-state index is 0.0243. The first kappa shape index (κ1) is 58.2. The van der Waals surface area contributed by atoms with Crippen molar-refractivity contribution in [1.82, 2.24) is 0 Å². The molecule has 0 aromatic carbocycles. The van der Waals surface area contributed by atoms with Crippen molar-refractivity contribution in [2.45, 2.75) is 210 Å². The summed E-state index contributed by atoms with van der Waals surface area (Å²) >= 11 is 0. The monoisotopic (exact) mass is 928 g/mol. The number of hydrogen-bond donors (Lipinski definition) is 8. The second kappa shape index (κ2) is 34.5. The van der Waals surface area contributed by atoms with Gasteiger partial charge in [0.15, 0.2) is 6.10 Å². The van der Waals surface area contributed by atoms with Crippen molar-refractivity contribution in [3.05, 3.63) is 36.5 Å². The molecule has 1 fully saturated rings. The zero-order chi connectivity index (χ0) is 46.2. The largest absolute Gasteiger partial charge is 0.472 e. The van der Waals surface area contributed by atoms with Gasteiger partial charge in [0.2, 0.25) is 0 Å². The van der Waals surface area contributed by atoms with E-state index in [1.807, 2.05) is 18.2 Å². The quantitative estimate of drug-likeness (QED) is 0.0103. The van der Waals surface area contributed by atoms with Gasteiger partial charge in [0.05, 0.1) is 12.7 Å². The molecule has 362 valence electrons. The zero-order valence-corrected chi connectivity index (χ0v) is 38.7. The molecule has 1 aliphatic rings. The van der Waals surface area contributed by atoms with Crippen molar-refractivity contribution in [3.8, 4) is 0 Å². The summed E-state index contributed by atoms with van der Waals surface area (Å²) < 4.78 is 49.2. The number of rotatable bonds is 37. The molecule has 0 amide bonds. The third-order valence-electron chi connectivity index (χ3n) is 10.3. The molecular formula is C43H78O17P2. The lowest BCUT2D eigenvalue weighted by atomic mass is 9.85. The summed E-state index contributed by atoms with van der Waals surface area (Å²) in [4.78, 5) is 54.2. The van der Waals surface area contributed by atoms with Crippen LogP contribution >= 0.6 is 15.6 Å². The third-order valence-corrected chi connectivity index (χ3v) is 11.8. The molecule has 0 aromatic heterocycles. The van der Waals surface area contributed by atoms with Gasteiger partial charge in [-0.25, -0.2) is 9.13 Å². The summed E-state index contributed by atoms with van der Waals surface area (Å²) in [6.45, 7) is 2.88. The number of phosphoric ester groups is 2. The SMILES string of the molecule is CC/C=C/C/C=C/C=C/C(O)CCCCCCCC(=O)O[C@H](COC(=O)CCCCCCCCCCCCCCC)COP(=O)(O)O[C@H]1C(O)C(O)C(O)[C@@H](OP(=O)(O)O)C1O. The molecule has 0 spiro atoms. The van der Waals surface area contributed by atoms with Crippen LogP contribution in [0.1, 0.15) is 162 Å². The number of unbranched alkanes of at least 4 members (excludes halogenated alkanes) is 16. The number of aliphatic hydroxyl groups excluding tert-OH is 5. The topological polar surface area (TPSA) is 276 Å². The minimum atomic E-state index is -5.37. The van der Waals surface area contributed by atoms with Gasteiger partial charge in [-0.3, -0.25) is 23.2 Å². The highest BCUT2D eigenvalue weighted by Crippen LogP contribution is 2.49. The average molecular weight is 929 g/mol. The first-order chi connectivity index (χ1) is 29.5. The highest BCUT2D eigenvalue weighted by molar-refractivity contribution is 7.47. The van der Waals surface area contributed by atoms with E-state index < -0.39 is 89.6 Å². The summed E-state index contributed by atoms with van der Waals surface area (Å²) in [6, 6.07) is 0. The highest BCUT2D eigenvalue weighted by atomic mass is 31.2. The minimum Gasteiger partial charge on any atom is -0.462 e. The van der Waals surface area contributed by atoms with Gasteiger partial charge in [-0.2, -0.15) is 0 Å². The Labute approximate surface area is 368 Å². The number of aliphatic hydroxyl groups is 5. The van der Waals surface area contributed by atoms with E-state index in [0.29, 0.717) is 25.7 Å². The lowest BCUT2D eigenvalue weighted by molar-refractivity contribution is -0.216. The van der Waals surface area contributed by atoms with Crippen molar-refractivity contribution < 1.29 is 82.0 Å². The molecule has 0 heterocycles. The molecule has 19 heteroatoms. The molecule has 0 aromatic rings. The number of esters is 2. The maximum absolute atomic E-state index is 13.0. The van der Waals surface area contributed by atoms with Gasteiger partial charge in [-0.1, -0.05) is 153 Å². The lowest BCUT2D eigenvalue weighted by Crippen LogP contribution is -2.64. The standard InChI is InChI=1S/C43H78O17P2/c1-3-5-7-9-11-12-13-14-15-16-18-22-26-30-36(45)56-32-35(58-37(46)31-27-23-19-21-25-29-34(44)28-24-20-17-10-8-6-4-2)33-57-62(54,55)60-43-40(49)38(47)39(48)42(41(43)50)59-61(51,52)53/h6,8,17,20,24,28,34-35,38-44,47-50H,3-5,7,9-16,18-19,21-23,25-27,29-33H2,1-2H3,(H,54,55)(H2,51,52,53)/b8-6+,20-17+,28-24+/t34?,35-,38?,39?,40?,41?,42-,43+/m1/s1. The molecule has 0 bridgehead atoms. The molecule has 1 saturated carbocycles. The summed E-state index contributed by atoms with van der Waals surface area (Å²) in [5.74, 6) is -1.28. The smallest absolute Gasteiger partial charge is 0.462 e. The first-order valence-corrected chi connectivity index (χ1v) is 25.7. The Balaban J connectivity index is 2.66. The van der Waals surface area contributed by atoms with Crippen LogP contribution < -0.4 is 0 Å². The van der Waals surface area contributed by atoms with Crippen molar-refractivity contribution in [2.24, 2.45) is 0 Å². The van der Waals surface area contributed by atoms with Gasteiger partial charge in [-0.05, 0) is 32.1 Å². The van der Waals surface area contributed by atoms with E-state index in [4.69, 9.17) is 28.3 Å². The Morgan fingerprint density at radius 2 is 1.11 bits per heavy atom. The number of allylic oxidation sites excluding steroid dienone is 5. The van der Waals surface area contributed by atoms with Crippen LogP contribution in [0, 0.1) is 0 Å². The van der Waals surface area contributed by atoms with Gasteiger partial charge >= 0.3 is 27.6 Å². The number of carbonyl (C=O) groups excluding carboxylic acids is 2. The summed E-state index contributed by atoms with van der Waals surface area (Å²) in [5, 5.41) is 51.3. The fraction of sp³-hybridized carbons (Fsp3) is 0.814. The Morgan fingerprint density at radius 3 is 1.66 bits per heavy atom. The predicted molar refractivity (Wildman–Crippen MR) is 233 cm³/mol. The molecule has 62 heavy (non-hydrogen) atoms. The van der Waals surface area contributed by atoms with Gasteiger partial charge in [0.25, 0.3) is 0 Å². The highest BCUT2D eigenvalue weighted by Gasteiger charge is 2.54. The molecule has 9 atom stereocenters. The van der Waals surface area contributed by atoms with Crippen molar-refractivity contribution >= 4 is 27.6 Å². The fourth-order valence-corrected chi connectivity index (χ4v) is 8.34. The van der Waals surface area contributed by atoms with E-state index in [2.05, 4.69) is 30.5 Å². The van der Waals surface area contributed by atoms with Gasteiger partial charge in [-0.15, -0.1) is 0 Å². The molecule has 1 aliphatic carbocycles. The lowest BCUT2D eigenvalue weighted by Gasteiger charge is -2.43. The van der Waals surface area contributed by atoms with Gasteiger partial charge < -0.3 is 49.7 Å². The van der Waals surface area contributed by atoms with Crippen LogP contribution in [0.25, 0.3) is 0 Å². The maximum Gasteiger partial charge on any atom is 0.472 e. The summed E-state index contributed by atoms with van der Waals surface area (Å²) in [5.41, 5.74) is 0. The van der Waals surface area contributed by atoms with Crippen molar-refractivity contribution in [1.29, 1.82) is 0 Å². The number of ether oxygens (including phenoxy) is 2. The Hall–Kier alpha value is -1.82. The van der Waals surface area contributed by atoms with Crippen molar-refractivity contribution in [3.63, 3.8) is 0 Å². The summed E-state index contributed by atoms with van der Waals surface area (Å²) in [7, 11) is -10.7. The Kier molecular flexibility index (Phi) is 32.4. The van der Waals surface area contributed by atoms with E-state index >= 15 is 0 Å². The third kappa shape index (κ3) is 28.9. The molecule has 6 unspecified atom stereocenters. The number of phosphoric acid groups is 2. The second-order valence-corrected chi connectivity index (χ2v) is 18.5. The van der Waals surface area contributed by atoms with E-state index in [9.17, 15) is 49.1 Å². The number of carbonyl (C=O) groups is 2. The normalized spacial score (nSPS) is 22.9. The predicted octanol–water partition coefficient (Wildman–Crippen LogP) is 6.92. The van der Waals surface area contributed by atoms with Crippen LogP contribution in [0.4, 0.5) is 0 Å². The molecular weight excluding hydrogens is 850 g/mol. The Bertz CT molecular complexity index is 1370. The second-order valence-electron chi connectivity index (χ2n) is 15.9. The van der Waals surface area contributed by atoms with Crippen LogP contribution in [0.3, 0.4) is 0 Å². The summed E-state index contributed by atoms with van der Waals surface area (Å²) in [6.07, 6.45) is 17.0. The maximum atomic E-state index is 13.0. The molecule has 8 N–H and O–H groups in total. The first-order valence-electron chi connectivity index (χ1n) is 22.6. The van der Waals surface area contributed by atoms with Crippen molar-refractivity contribution in [2.75, 3.05) is 13.2 Å². The molecule has 0 saturated heterocycles. The Morgan fingerprint density at radius 1 is 0.597 bits per heavy atom. The van der Waals surface area contributed by atoms with Gasteiger partial charge in [0, 0.05) is 12.8 Å². The van der Waals surface area contributed by atoms with Crippen LogP contribution in [-0.4, -0.2) is 114 Å². The van der Waals surface area contributed by atoms with E-state index in [1.54, 1.807) is 6.08 Å². The van der Waals surface area contributed by atoms with E-state index in [1.165, 1.54) is 51.4 Å². The molecule has 17 nitrogen and oxygen atoms in total. The van der Waals surface area contributed by atoms with E-state index in [0.717, 1.165) is 57.8 Å².